The summed E-state index contributed by atoms with van der Waals surface area (Å²) < 4.78 is 13.3. The summed E-state index contributed by atoms with van der Waals surface area (Å²) >= 11 is 22.8. The van der Waals surface area contributed by atoms with Crippen molar-refractivity contribution in [1.29, 1.82) is 0 Å². The highest BCUT2D eigenvalue weighted by Crippen LogP contribution is 2.53. The van der Waals surface area contributed by atoms with Gasteiger partial charge in [-0.05, 0) is 55.5 Å². The molecule has 2 N–H and O–H groups in total. The van der Waals surface area contributed by atoms with Crippen molar-refractivity contribution in [3.8, 4) is 0 Å². The van der Waals surface area contributed by atoms with Crippen LogP contribution in [0, 0.1) is 17.7 Å². The summed E-state index contributed by atoms with van der Waals surface area (Å²) in [5.41, 5.74) is 0.0625. The zero-order valence-electron chi connectivity index (χ0n) is 15.7. The Kier molecular flexibility index (Phi) is 7.51. The number of hydrogen-bond acceptors (Lipinski definition) is 2. The van der Waals surface area contributed by atoms with Gasteiger partial charge in [-0.1, -0.05) is 35.3 Å². The van der Waals surface area contributed by atoms with Crippen LogP contribution in [0.2, 0.25) is 10.0 Å². The van der Waals surface area contributed by atoms with Gasteiger partial charge in [0.2, 0.25) is 11.8 Å². The van der Waals surface area contributed by atoms with Crippen molar-refractivity contribution in [3.63, 3.8) is 0 Å². The third-order valence-corrected chi connectivity index (χ3v) is 5.94. The van der Waals surface area contributed by atoms with E-state index in [1.807, 2.05) is 6.07 Å². The SMILES string of the molecule is Clc1cccc(Cl)c1.O=C(CC1CC1)Nc1cccc(NC(=O)C2CC2(Cl)Cl)c1F. The van der Waals surface area contributed by atoms with Crippen LogP contribution in [-0.4, -0.2) is 16.1 Å². The molecule has 160 valence electrons. The standard InChI is InChI=1S/C15H15Cl2FN2O2.C6H4Cl2/c16-15(17)7-9(15)14(22)20-11-3-1-2-10(13(11)18)19-12(21)6-8-4-5-8;7-5-2-1-3-6(8)4-5/h1-3,8-9H,4-7H2,(H,19,21)(H,20,22);1-4H. The van der Waals surface area contributed by atoms with E-state index in [9.17, 15) is 14.0 Å². The molecule has 0 aliphatic heterocycles. The summed E-state index contributed by atoms with van der Waals surface area (Å²) in [7, 11) is 0. The number of amides is 2. The van der Waals surface area contributed by atoms with E-state index < -0.39 is 22.0 Å². The van der Waals surface area contributed by atoms with Gasteiger partial charge in [-0.25, -0.2) is 4.39 Å². The molecule has 2 fully saturated rings. The Balaban J connectivity index is 0.000000269. The minimum absolute atomic E-state index is 0.00487. The van der Waals surface area contributed by atoms with E-state index in [2.05, 4.69) is 10.6 Å². The first kappa shape index (κ1) is 23.1. The van der Waals surface area contributed by atoms with Gasteiger partial charge in [0, 0.05) is 16.5 Å². The molecule has 2 amide bonds. The van der Waals surface area contributed by atoms with E-state index in [1.54, 1.807) is 24.3 Å². The number of nitrogens with one attached hydrogen (secondary N) is 2. The van der Waals surface area contributed by atoms with Crippen LogP contribution in [0.25, 0.3) is 0 Å². The van der Waals surface area contributed by atoms with Crippen LogP contribution >= 0.6 is 46.4 Å². The van der Waals surface area contributed by atoms with E-state index in [-0.39, 0.29) is 17.3 Å². The Bertz CT molecular complexity index is 933. The van der Waals surface area contributed by atoms with E-state index in [0.29, 0.717) is 28.8 Å². The molecule has 4 rings (SSSR count). The Labute approximate surface area is 194 Å². The Hall–Kier alpha value is -1.53. The lowest BCUT2D eigenvalue weighted by molar-refractivity contribution is -0.117. The molecule has 9 heteroatoms. The van der Waals surface area contributed by atoms with E-state index in [1.165, 1.54) is 12.1 Å². The molecule has 4 nitrogen and oxygen atoms in total. The third kappa shape index (κ3) is 6.74. The second kappa shape index (κ2) is 9.73. The van der Waals surface area contributed by atoms with Crippen molar-refractivity contribution in [2.75, 3.05) is 10.6 Å². The van der Waals surface area contributed by atoms with Gasteiger partial charge < -0.3 is 10.6 Å². The maximum Gasteiger partial charge on any atom is 0.230 e. The molecular weight excluding hydrogens is 473 g/mol. The monoisotopic (exact) mass is 490 g/mol. The highest BCUT2D eigenvalue weighted by Gasteiger charge is 2.56. The number of rotatable bonds is 5. The lowest BCUT2D eigenvalue weighted by Crippen LogP contribution is -2.19. The first-order chi connectivity index (χ1) is 14.2. The third-order valence-electron chi connectivity index (χ3n) is 4.63. The maximum absolute atomic E-state index is 14.3. The van der Waals surface area contributed by atoms with Crippen molar-refractivity contribution >= 4 is 69.6 Å². The fraction of sp³-hybridized carbons (Fsp3) is 0.333. The molecule has 2 aromatic carbocycles. The van der Waals surface area contributed by atoms with Crippen molar-refractivity contribution in [2.24, 2.45) is 11.8 Å². The first-order valence-corrected chi connectivity index (χ1v) is 10.8. The Morgan fingerprint density at radius 2 is 1.53 bits per heavy atom. The van der Waals surface area contributed by atoms with Crippen LogP contribution in [0.3, 0.4) is 0 Å². The molecule has 1 unspecified atom stereocenters. The lowest BCUT2D eigenvalue weighted by Gasteiger charge is -2.11. The average molecular weight is 492 g/mol. The van der Waals surface area contributed by atoms with E-state index >= 15 is 0 Å². The first-order valence-electron chi connectivity index (χ1n) is 9.34. The molecule has 0 spiro atoms. The molecule has 0 saturated heterocycles. The Morgan fingerprint density at radius 1 is 1.00 bits per heavy atom. The summed E-state index contributed by atoms with van der Waals surface area (Å²) in [5.74, 6) is -1.43. The van der Waals surface area contributed by atoms with Crippen LogP contribution in [0.15, 0.2) is 42.5 Å². The van der Waals surface area contributed by atoms with Gasteiger partial charge >= 0.3 is 0 Å². The largest absolute Gasteiger partial charge is 0.324 e. The summed E-state index contributed by atoms with van der Waals surface area (Å²) in [6.07, 6.45) is 2.85. The van der Waals surface area contributed by atoms with Crippen molar-refractivity contribution in [2.45, 2.75) is 30.0 Å². The van der Waals surface area contributed by atoms with Gasteiger partial charge in [-0.2, -0.15) is 0 Å². The molecule has 2 aromatic rings. The van der Waals surface area contributed by atoms with Gasteiger partial charge in [0.25, 0.3) is 0 Å². The fourth-order valence-corrected chi connectivity index (χ4v) is 3.63. The minimum atomic E-state index is -1.06. The van der Waals surface area contributed by atoms with Gasteiger partial charge in [0.05, 0.1) is 17.3 Å². The molecule has 0 bridgehead atoms. The normalized spacial score (nSPS) is 18.6. The summed E-state index contributed by atoms with van der Waals surface area (Å²) in [4.78, 5) is 23.6. The molecule has 30 heavy (non-hydrogen) atoms. The summed E-state index contributed by atoms with van der Waals surface area (Å²) in [5, 5.41) is 6.36. The summed E-state index contributed by atoms with van der Waals surface area (Å²) in [6, 6.07) is 11.5. The zero-order valence-corrected chi connectivity index (χ0v) is 18.8. The van der Waals surface area contributed by atoms with Crippen molar-refractivity contribution in [3.05, 3.63) is 58.3 Å². The predicted octanol–water partition coefficient (Wildman–Crippen LogP) is 6.69. The van der Waals surface area contributed by atoms with Gasteiger partial charge in [0.1, 0.15) is 4.33 Å². The second-order valence-electron chi connectivity index (χ2n) is 7.31. The number of alkyl halides is 2. The fourth-order valence-electron chi connectivity index (χ4n) is 2.69. The molecule has 2 saturated carbocycles. The lowest BCUT2D eigenvalue weighted by atomic mass is 10.2. The highest BCUT2D eigenvalue weighted by atomic mass is 35.5. The maximum atomic E-state index is 14.3. The van der Waals surface area contributed by atoms with Crippen LogP contribution in [0.5, 0.6) is 0 Å². The topological polar surface area (TPSA) is 58.2 Å². The highest BCUT2D eigenvalue weighted by molar-refractivity contribution is 6.52. The minimum Gasteiger partial charge on any atom is -0.324 e. The van der Waals surface area contributed by atoms with Crippen molar-refractivity contribution < 1.29 is 14.0 Å². The molecule has 0 aromatic heterocycles. The predicted molar refractivity (Wildman–Crippen MR) is 120 cm³/mol. The molecule has 2 aliphatic rings. The number of carbonyl (C=O) groups is 2. The second-order valence-corrected chi connectivity index (χ2v) is 9.72. The quantitative estimate of drug-likeness (QED) is 0.457. The van der Waals surface area contributed by atoms with Crippen molar-refractivity contribution in [1.82, 2.24) is 0 Å². The van der Waals surface area contributed by atoms with Crippen LogP contribution in [0.1, 0.15) is 25.7 Å². The molecule has 1 atom stereocenters. The van der Waals surface area contributed by atoms with Gasteiger partial charge in [0.15, 0.2) is 5.82 Å². The number of benzene rings is 2. The smallest absolute Gasteiger partial charge is 0.230 e. The van der Waals surface area contributed by atoms with Crippen LogP contribution in [0.4, 0.5) is 15.8 Å². The van der Waals surface area contributed by atoms with Crippen LogP contribution < -0.4 is 10.6 Å². The van der Waals surface area contributed by atoms with Gasteiger partial charge in [-0.3, -0.25) is 9.59 Å². The number of anilines is 2. The average Bonchev–Trinajstić information content (AvgIpc) is 3.57. The molecule has 2 aliphatic carbocycles. The van der Waals surface area contributed by atoms with E-state index in [4.69, 9.17) is 46.4 Å². The Morgan fingerprint density at radius 3 is 2.00 bits per heavy atom. The molecule has 0 radical (unpaired) electrons. The molecule has 0 heterocycles. The number of carbonyl (C=O) groups excluding carboxylic acids is 2. The molecular formula is C21H19Cl4FN2O2. The number of hydrogen-bond donors (Lipinski definition) is 2. The van der Waals surface area contributed by atoms with Crippen LogP contribution in [-0.2, 0) is 9.59 Å². The zero-order chi connectivity index (χ0) is 21.9. The number of halogens is 5. The summed E-state index contributed by atoms with van der Waals surface area (Å²) in [6.45, 7) is 0. The van der Waals surface area contributed by atoms with E-state index in [0.717, 1.165) is 12.8 Å². The van der Waals surface area contributed by atoms with Gasteiger partial charge in [-0.15, -0.1) is 23.2 Å².